The second-order valence-electron chi connectivity index (χ2n) is 8.02. The van der Waals surface area contributed by atoms with Gasteiger partial charge in [-0.2, -0.15) is 0 Å². The molecule has 1 rings (SSSR count). The van der Waals surface area contributed by atoms with Crippen LogP contribution in [0, 0.1) is 11.8 Å². The van der Waals surface area contributed by atoms with Crippen molar-refractivity contribution >= 4 is 0 Å². The Morgan fingerprint density at radius 1 is 0.607 bits per heavy atom. The summed E-state index contributed by atoms with van der Waals surface area (Å²) >= 11 is 0. The summed E-state index contributed by atoms with van der Waals surface area (Å²) in [7, 11) is 5.54. The molecule has 0 aromatic rings. The Kier molecular flexibility index (Phi) is 13.5. The summed E-state index contributed by atoms with van der Waals surface area (Å²) in [5.41, 5.74) is 0. The Morgan fingerprint density at radius 3 is 1.29 bits per heavy atom. The van der Waals surface area contributed by atoms with E-state index in [1.165, 1.54) is 0 Å². The van der Waals surface area contributed by atoms with Gasteiger partial charge in [-0.05, 0) is 18.9 Å². The Bertz CT molecular complexity index is 348. The van der Waals surface area contributed by atoms with Crippen molar-refractivity contribution in [3.63, 3.8) is 0 Å². The highest BCUT2D eigenvalue weighted by Crippen LogP contribution is 2.35. The third-order valence-electron chi connectivity index (χ3n) is 5.24. The van der Waals surface area contributed by atoms with Crippen molar-refractivity contribution in [2.45, 2.75) is 52.0 Å². The SMILES string of the molecule is COCCOCCOC1C(C(C)C)N(C)C(C(C)C)[C@@H]1OCCOCCOC. The zero-order chi connectivity index (χ0) is 20.9. The van der Waals surface area contributed by atoms with Crippen LogP contribution < -0.4 is 0 Å². The average Bonchev–Trinajstić information content (AvgIpc) is 2.92. The second kappa shape index (κ2) is 14.7. The molecule has 1 heterocycles. The first kappa shape index (κ1) is 25.8. The number of rotatable bonds is 16. The predicted octanol–water partition coefficient (Wildman–Crippen LogP) is 2.08. The number of ether oxygens (including phenoxy) is 6. The van der Waals surface area contributed by atoms with Gasteiger partial charge in [0.2, 0.25) is 0 Å². The number of likely N-dealkylation sites (tertiary alicyclic amines) is 1. The fourth-order valence-electron chi connectivity index (χ4n) is 4.11. The molecule has 0 amide bonds. The van der Waals surface area contributed by atoms with Crippen LogP contribution in [0.2, 0.25) is 0 Å². The van der Waals surface area contributed by atoms with E-state index >= 15 is 0 Å². The average molecular weight is 406 g/mol. The Balaban J connectivity index is 2.66. The zero-order valence-electron chi connectivity index (χ0n) is 19.0. The normalized spacial score (nSPS) is 26.0. The highest BCUT2D eigenvalue weighted by Gasteiger charge is 2.50. The minimum atomic E-state index is 0.0161. The molecule has 3 unspecified atom stereocenters. The summed E-state index contributed by atoms with van der Waals surface area (Å²) in [5, 5.41) is 0. The zero-order valence-corrected chi connectivity index (χ0v) is 19.0. The van der Waals surface area contributed by atoms with Gasteiger partial charge in [-0.1, -0.05) is 27.7 Å². The molecular formula is C21H43NO6. The first-order valence-electron chi connectivity index (χ1n) is 10.5. The van der Waals surface area contributed by atoms with E-state index in [0.717, 1.165) is 0 Å². The maximum atomic E-state index is 6.32. The van der Waals surface area contributed by atoms with Crippen LogP contribution in [0.25, 0.3) is 0 Å². The minimum absolute atomic E-state index is 0.0161. The maximum absolute atomic E-state index is 6.32. The van der Waals surface area contributed by atoms with E-state index in [0.29, 0.717) is 76.8 Å². The fraction of sp³-hybridized carbons (Fsp3) is 1.00. The number of hydrogen-bond acceptors (Lipinski definition) is 7. The van der Waals surface area contributed by atoms with E-state index in [1.807, 2.05) is 0 Å². The van der Waals surface area contributed by atoms with E-state index in [9.17, 15) is 0 Å². The van der Waals surface area contributed by atoms with Crippen LogP contribution in [0.1, 0.15) is 27.7 Å². The molecule has 0 bridgehead atoms. The van der Waals surface area contributed by atoms with Crippen LogP contribution in [0.5, 0.6) is 0 Å². The lowest BCUT2D eigenvalue weighted by molar-refractivity contribution is -0.0954. The first-order valence-corrected chi connectivity index (χ1v) is 10.5. The standard InChI is InChI=1S/C21H43NO6/c1-16(2)18-20(27-14-12-25-10-8-23-6)21(19(17(3)4)22(18)5)28-15-13-26-11-9-24-7/h16-21H,8-15H2,1-7H3/t18?,19?,20-,21?/m0/s1. The first-order chi connectivity index (χ1) is 13.5. The van der Waals surface area contributed by atoms with Gasteiger partial charge in [0.25, 0.3) is 0 Å². The number of likely N-dealkylation sites (N-methyl/N-ethyl adjacent to an activating group) is 1. The third kappa shape index (κ3) is 8.22. The molecule has 7 nitrogen and oxygen atoms in total. The molecule has 168 valence electrons. The molecule has 0 saturated carbocycles. The largest absolute Gasteiger partial charge is 0.382 e. The molecule has 0 radical (unpaired) electrons. The smallest absolute Gasteiger partial charge is 0.101 e. The fourth-order valence-corrected chi connectivity index (χ4v) is 4.11. The van der Waals surface area contributed by atoms with Gasteiger partial charge in [0, 0.05) is 26.3 Å². The molecule has 7 heteroatoms. The topological polar surface area (TPSA) is 58.6 Å². The highest BCUT2D eigenvalue weighted by molar-refractivity contribution is 5.03. The molecule has 0 spiro atoms. The molecular weight excluding hydrogens is 362 g/mol. The lowest BCUT2D eigenvalue weighted by Gasteiger charge is -2.31. The predicted molar refractivity (Wildman–Crippen MR) is 110 cm³/mol. The van der Waals surface area contributed by atoms with Crippen LogP contribution in [0.4, 0.5) is 0 Å². The summed E-state index contributed by atoms with van der Waals surface area (Å²) in [5.74, 6) is 0.939. The summed E-state index contributed by atoms with van der Waals surface area (Å²) < 4.78 is 33.8. The van der Waals surface area contributed by atoms with Crippen molar-refractivity contribution in [1.82, 2.24) is 4.90 Å². The molecule has 4 atom stereocenters. The molecule has 1 fully saturated rings. The molecule has 1 saturated heterocycles. The number of hydrogen-bond donors (Lipinski definition) is 0. The third-order valence-corrected chi connectivity index (χ3v) is 5.24. The summed E-state index contributed by atoms with van der Waals surface area (Å²) in [6.07, 6.45) is 0.0322. The van der Waals surface area contributed by atoms with Gasteiger partial charge in [0.1, 0.15) is 12.2 Å². The number of nitrogens with zero attached hydrogens (tertiary/aromatic N) is 1. The summed E-state index contributed by atoms with van der Waals surface area (Å²) in [4.78, 5) is 2.45. The Hall–Kier alpha value is -0.280. The van der Waals surface area contributed by atoms with E-state index in [4.69, 9.17) is 28.4 Å². The minimum Gasteiger partial charge on any atom is -0.382 e. The lowest BCUT2D eigenvalue weighted by Crippen LogP contribution is -2.41. The quantitative estimate of drug-likeness (QED) is 0.364. The van der Waals surface area contributed by atoms with E-state index in [-0.39, 0.29) is 12.2 Å². The van der Waals surface area contributed by atoms with Crippen molar-refractivity contribution in [3.05, 3.63) is 0 Å². The molecule has 0 aliphatic carbocycles. The second-order valence-corrected chi connectivity index (χ2v) is 8.02. The van der Waals surface area contributed by atoms with Crippen LogP contribution >= 0.6 is 0 Å². The van der Waals surface area contributed by atoms with E-state index < -0.39 is 0 Å². The van der Waals surface area contributed by atoms with Gasteiger partial charge in [0.05, 0.1) is 52.9 Å². The van der Waals surface area contributed by atoms with Crippen molar-refractivity contribution in [2.75, 3.05) is 74.1 Å². The highest BCUT2D eigenvalue weighted by atomic mass is 16.6. The van der Waals surface area contributed by atoms with Gasteiger partial charge >= 0.3 is 0 Å². The molecule has 28 heavy (non-hydrogen) atoms. The summed E-state index contributed by atoms with van der Waals surface area (Å²) in [6.45, 7) is 13.6. The van der Waals surface area contributed by atoms with Gasteiger partial charge in [-0.25, -0.2) is 0 Å². The van der Waals surface area contributed by atoms with Crippen LogP contribution in [-0.4, -0.2) is 103 Å². The Labute approximate surface area is 171 Å². The van der Waals surface area contributed by atoms with Crippen molar-refractivity contribution in [1.29, 1.82) is 0 Å². The van der Waals surface area contributed by atoms with Crippen LogP contribution in [0.3, 0.4) is 0 Å². The monoisotopic (exact) mass is 405 g/mol. The molecule has 1 aliphatic heterocycles. The van der Waals surface area contributed by atoms with Crippen LogP contribution in [0.15, 0.2) is 0 Å². The van der Waals surface area contributed by atoms with Crippen molar-refractivity contribution < 1.29 is 28.4 Å². The molecule has 0 N–H and O–H groups in total. The Morgan fingerprint density at radius 2 is 0.964 bits per heavy atom. The van der Waals surface area contributed by atoms with E-state index in [2.05, 4.69) is 39.6 Å². The van der Waals surface area contributed by atoms with Crippen molar-refractivity contribution in [3.8, 4) is 0 Å². The van der Waals surface area contributed by atoms with Gasteiger partial charge in [0.15, 0.2) is 0 Å². The maximum Gasteiger partial charge on any atom is 0.101 e. The van der Waals surface area contributed by atoms with Gasteiger partial charge < -0.3 is 28.4 Å². The van der Waals surface area contributed by atoms with Gasteiger partial charge in [-0.3, -0.25) is 4.90 Å². The van der Waals surface area contributed by atoms with Crippen LogP contribution in [-0.2, 0) is 28.4 Å². The summed E-state index contributed by atoms with van der Waals surface area (Å²) in [6, 6.07) is 0.622. The van der Waals surface area contributed by atoms with Gasteiger partial charge in [-0.15, -0.1) is 0 Å². The number of methoxy groups -OCH3 is 2. The molecule has 0 aromatic carbocycles. The molecule has 1 aliphatic rings. The van der Waals surface area contributed by atoms with E-state index in [1.54, 1.807) is 14.2 Å². The molecule has 0 aromatic heterocycles. The lowest BCUT2D eigenvalue weighted by atomic mass is 9.95. The van der Waals surface area contributed by atoms with Crippen molar-refractivity contribution in [2.24, 2.45) is 11.8 Å².